The van der Waals surface area contributed by atoms with Crippen LogP contribution in [0.4, 0.5) is 0 Å². The number of rotatable bonds is 3. The zero-order chi connectivity index (χ0) is 11.5. The van der Waals surface area contributed by atoms with Gasteiger partial charge in [-0.1, -0.05) is 6.42 Å². The topological polar surface area (TPSA) is 12.0 Å². The lowest BCUT2D eigenvalue weighted by Gasteiger charge is -2.67. The second-order valence-corrected chi connectivity index (χ2v) is 7.86. The van der Waals surface area contributed by atoms with Gasteiger partial charge in [-0.2, -0.15) is 0 Å². The van der Waals surface area contributed by atoms with E-state index in [9.17, 15) is 0 Å². The molecule has 0 atom stereocenters. The lowest BCUT2D eigenvalue weighted by atomic mass is 9.39. The van der Waals surface area contributed by atoms with Crippen LogP contribution in [0.1, 0.15) is 57.8 Å². The summed E-state index contributed by atoms with van der Waals surface area (Å²) < 4.78 is 0. The smallest absolute Gasteiger partial charge is 0.00101 e. The van der Waals surface area contributed by atoms with Gasteiger partial charge in [0.1, 0.15) is 0 Å². The SMILES string of the molecule is CNCC1(C23CC4CC(CC(C4)C2)C3)CCC1. The van der Waals surface area contributed by atoms with E-state index in [2.05, 4.69) is 12.4 Å². The third-order valence-corrected chi connectivity index (χ3v) is 6.99. The van der Waals surface area contributed by atoms with Crippen molar-refractivity contribution in [2.45, 2.75) is 57.8 Å². The van der Waals surface area contributed by atoms with Crippen LogP contribution in [0.2, 0.25) is 0 Å². The fraction of sp³-hybridized carbons (Fsp3) is 1.00. The quantitative estimate of drug-likeness (QED) is 0.785. The lowest BCUT2D eigenvalue weighted by Crippen LogP contribution is -2.59. The Morgan fingerprint density at radius 3 is 1.82 bits per heavy atom. The molecule has 1 N–H and O–H groups in total. The molecule has 0 heterocycles. The molecule has 5 saturated carbocycles. The second-order valence-electron chi connectivity index (χ2n) is 7.86. The molecule has 0 aromatic rings. The molecule has 0 amide bonds. The van der Waals surface area contributed by atoms with E-state index < -0.39 is 0 Å². The highest BCUT2D eigenvalue weighted by Gasteiger charge is 2.61. The van der Waals surface area contributed by atoms with Crippen LogP contribution in [-0.4, -0.2) is 13.6 Å². The summed E-state index contributed by atoms with van der Waals surface area (Å²) in [5.74, 6) is 3.36. The fourth-order valence-electron chi connectivity index (χ4n) is 6.60. The van der Waals surface area contributed by atoms with Gasteiger partial charge in [-0.15, -0.1) is 0 Å². The molecule has 96 valence electrons. The molecular formula is C16H27N. The number of nitrogens with one attached hydrogen (secondary N) is 1. The summed E-state index contributed by atoms with van der Waals surface area (Å²) in [6.07, 6.45) is 14.1. The second kappa shape index (κ2) is 3.50. The lowest BCUT2D eigenvalue weighted by molar-refractivity contribution is -0.160. The molecule has 5 rings (SSSR count). The largest absolute Gasteiger partial charge is 0.319 e. The van der Waals surface area contributed by atoms with Gasteiger partial charge < -0.3 is 5.32 Å². The summed E-state index contributed by atoms with van der Waals surface area (Å²) in [6, 6.07) is 0. The van der Waals surface area contributed by atoms with Crippen LogP contribution in [0, 0.1) is 28.6 Å². The molecule has 0 spiro atoms. The molecule has 4 bridgehead atoms. The van der Waals surface area contributed by atoms with E-state index in [1.807, 2.05) is 0 Å². The minimum absolute atomic E-state index is 0.720. The zero-order valence-corrected chi connectivity index (χ0v) is 11.3. The summed E-state index contributed by atoms with van der Waals surface area (Å²) in [4.78, 5) is 0. The molecular weight excluding hydrogens is 206 g/mol. The van der Waals surface area contributed by atoms with Crippen LogP contribution >= 0.6 is 0 Å². The summed E-state index contributed by atoms with van der Waals surface area (Å²) >= 11 is 0. The molecule has 1 nitrogen and oxygen atoms in total. The summed E-state index contributed by atoms with van der Waals surface area (Å²) in [7, 11) is 2.17. The van der Waals surface area contributed by atoms with Crippen LogP contribution < -0.4 is 5.32 Å². The van der Waals surface area contributed by atoms with Crippen LogP contribution in [0.5, 0.6) is 0 Å². The molecule has 5 aliphatic carbocycles. The third kappa shape index (κ3) is 1.35. The first-order valence-electron chi connectivity index (χ1n) is 7.90. The average Bonchev–Trinajstić information content (AvgIpc) is 2.21. The van der Waals surface area contributed by atoms with Gasteiger partial charge in [-0.05, 0) is 87.0 Å². The minimum Gasteiger partial charge on any atom is -0.319 e. The Balaban J connectivity index is 1.67. The van der Waals surface area contributed by atoms with Crippen molar-refractivity contribution in [3.05, 3.63) is 0 Å². The van der Waals surface area contributed by atoms with Gasteiger partial charge >= 0.3 is 0 Å². The van der Waals surface area contributed by atoms with Gasteiger partial charge in [0, 0.05) is 6.54 Å². The van der Waals surface area contributed by atoms with Crippen LogP contribution in [0.15, 0.2) is 0 Å². The first kappa shape index (κ1) is 10.8. The van der Waals surface area contributed by atoms with E-state index in [-0.39, 0.29) is 0 Å². The summed E-state index contributed by atoms with van der Waals surface area (Å²) in [5.41, 5.74) is 1.50. The molecule has 5 fully saturated rings. The number of hydrogen-bond acceptors (Lipinski definition) is 1. The highest BCUT2D eigenvalue weighted by atomic mass is 14.9. The minimum atomic E-state index is 0.720. The molecule has 0 aliphatic heterocycles. The molecule has 0 aromatic heterocycles. The summed E-state index contributed by atoms with van der Waals surface area (Å²) in [6.45, 7) is 1.30. The monoisotopic (exact) mass is 233 g/mol. The Hall–Kier alpha value is -0.0400. The highest BCUT2D eigenvalue weighted by Crippen LogP contribution is 2.70. The summed E-state index contributed by atoms with van der Waals surface area (Å²) in [5, 5.41) is 3.54. The van der Waals surface area contributed by atoms with Crippen molar-refractivity contribution in [3.63, 3.8) is 0 Å². The van der Waals surface area contributed by atoms with Crippen molar-refractivity contribution >= 4 is 0 Å². The van der Waals surface area contributed by atoms with E-state index in [1.54, 1.807) is 38.5 Å². The maximum Gasteiger partial charge on any atom is 0.00101 e. The van der Waals surface area contributed by atoms with E-state index in [1.165, 1.54) is 25.8 Å². The molecule has 1 heteroatoms. The fourth-order valence-corrected chi connectivity index (χ4v) is 6.60. The van der Waals surface area contributed by atoms with Gasteiger partial charge in [0.05, 0.1) is 0 Å². The Morgan fingerprint density at radius 1 is 0.941 bits per heavy atom. The Labute approximate surface area is 106 Å². The van der Waals surface area contributed by atoms with Gasteiger partial charge in [0.15, 0.2) is 0 Å². The van der Waals surface area contributed by atoms with E-state index in [4.69, 9.17) is 0 Å². The van der Waals surface area contributed by atoms with Crippen molar-refractivity contribution in [2.24, 2.45) is 28.6 Å². The normalized spacial score (nSPS) is 50.3. The first-order valence-corrected chi connectivity index (χ1v) is 7.90. The predicted octanol–water partition coefficient (Wildman–Crippen LogP) is 3.59. The standard InChI is InChI=1S/C16H27N/c1-17-11-15(3-2-4-15)16-8-12-5-13(9-16)7-14(6-12)10-16/h12-14,17H,2-11H2,1H3. The van der Waals surface area contributed by atoms with E-state index >= 15 is 0 Å². The van der Waals surface area contributed by atoms with E-state index in [0.717, 1.165) is 28.6 Å². The van der Waals surface area contributed by atoms with Crippen LogP contribution in [0.25, 0.3) is 0 Å². The molecule has 0 aromatic carbocycles. The van der Waals surface area contributed by atoms with Crippen LogP contribution in [-0.2, 0) is 0 Å². The molecule has 0 radical (unpaired) electrons. The van der Waals surface area contributed by atoms with Crippen molar-refractivity contribution in [3.8, 4) is 0 Å². The van der Waals surface area contributed by atoms with Gasteiger partial charge in [-0.25, -0.2) is 0 Å². The molecule has 5 aliphatic rings. The Kier molecular flexibility index (Phi) is 2.23. The first-order chi connectivity index (χ1) is 8.25. The molecule has 0 saturated heterocycles. The highest BCUT2D eigenvalue weighted by molar-refractivity contribution is 5.12. The van der Waals surface area contributed by atoms with Gasteiger partial charge in [0.2, 0.25) is 0 Å². The Bertz CT molecular complexity index is 280. The van der Waals surface area contributed by atoms with Gasteiger partial charge in [0.25, 0.3) is 0 Å². The molecule has 17 heavy (non-hydrogen) atoms. The Morgan fingerprint density at radius 2 is 1.47 bits per heavy atom. The third-order valence-electron chi connectivity index (χ3n) is 6.99. The average molecular weight is 233 g/mol. The van der Waals surface area contributed by atoms with Crippen molar-refractivity contribution in [1.29, 1.82) is 0 Å². The molecule has 0 unspecified atom stereocenters. The zero-order valence-electron chi connectivity index (χ0n) is 11.3. The van der Waals surface area contributed by atoms with E-state index in [0.29, 0.717) is 0 Å². The van der Waals surface area contributed by atoms with Crippen molar-refractivity contribution < 1.29 is 0 Å². The van der Waals surface area contributed by atoms with Crippen LogP contribution in [0.3, 0.4) is 0 Å². The maximum atomic E-state index is 3.54. The van der Waals surface area contributed by atoms with Gasteiger partial charge in [-0.3, -0.25) is 0 Å². The number of hydrogen-bond donors (Lipinski definition) is 1. The predicted molar refractivity (Wildman–Crippen MR) is 70.8 cm³/mol. The van der Waals surface area contributed by atoms with Crippen molar-refractivity contribution in [2.75, 3.05) is 13.6 Å². The maximum absolute atomic E-state index is 3.54. The van der Waals surface area contributed by atoms with Crippen molar-refractivity contribution in [1.82, 2.24) is 5.32 Å².